The molecule has 0 bridgehead atoms. The zero-order valence-electron chi connectivity index (χ0n) is 15.6. The molecule has 0 radical (unpaired) electrons. The molecule has 1 saturated carbocycles. The number of hydrogen-bond donors (Lipinski definition) is 2. The van der Waals surface area contributed by atoms with Crippen molar-refractivity contribution in [2.75, 3.05) is 11.1 Å². The molecule has 30 heavy (non-hydrogen) atoms. The van der Waals surface area contributed by atoms with Crippen LogP contribution in [0.25, 0.3) is 11.0 Å². The van der Waals surface area contributed by atoms with Crippen molar-refractivity contribution in [3.05, 3.63) is 40.3 Å². The van der Waals surface area contributed by atoms with E-state index in [1.165, 1.54) is 0 Å². The van der Waals surface area contributed by atoms with Gasteiger partial charge in [0.05, 0.1) is 5.39 Å². The molecule has 11 heteroatoms. The van der Waals surface area contributed by atoms with Crippen molar-refractivity contribution in [1.29, 1.82) is 0 Å². The predicted octanol–water partition coefficient (Wildman–Crippen LogP) is 2.45. The molecule has 1 saturated heterocycles. The number of fused-ring (bicyclic) bond motifs is 2. The number of aromatic nitrogens is 4. The first-order valence-corrected chi connectivity index (χ1v) is 10.6. The topological polar surface area (TPSA) is 119 Å². The predicted molar refractivity (Wildman–Crippen MR) is 115 cm³/mol. The number of pyridine rings is 1. The molecule has 4 heterocycles. The molecule has 9 nitrogen and oxygen atoms in total. The Morgan fingerprint density at radius 3 is 2.87 bits per heavy atom. The molecule has 1 unspecified atom stereocenters. The monoisotopic (exact) mass is 489 g/mol. The summed E-state index contributed by atoms with van der Waals surface area (Å²) in [6.07, 6.45) is 3.31. The van der Waals surface area contributed by atoms with E-state index >= 15 is 0 Å². The van der Waals surface area contributed by atoms with Crippen molar-refractivity contribution >= 4 is 62.0 Å². The molecule has 3 aromatic rings. The lowest BCUT2D eigenvalue weighted by Crippen LogP contribution is -2.46. The van der Waals surface area contributed by atoms with Crippen molar-refractivity contribution in [2.24, 2.45) is 5.92 Å². The minimum atomic E-state index is -0.521. The Balaban J connectivity index is 1.36. The number of nitrogens with one attached hydrogen (secondary N) is 1. The number of carbonyl (C=O) groups excluding carboxylic acids is 2. The van der Waals surface area contributed by atoms with Crippen LogP contribution in [0.1, 0.15) is 12.8 Å². The van der Waals surface area contributed by atoms with Gasteiger partial charge in [-0.25, -0.2) is 9.97 Å². The van der Waals surface area contributed by atoms with Crippen LogP contribution in [0.3, 0.4) is 0 Å². The summed E-state index contributed by atoms with van der Waals surface area (Å²) >= 11 is 9.22. The zero-order chi connectivity index (χ0) is 21.0. The van der Waals surface area contributed by atoms with Crippen molar-refractivity contribution in [2.45, 2.75) is 31.5 Å². The number of likely N-dealkylation sites (tertiary alicyclic amines) is 1. The molecule has 0 spiro atoms. The third kappa shape index (κ3) is 3.39. The number of nitrogens with zero attached hydrogens (tertiary/aromatic N) is 5. The Bertz CT molecular complexity index is 1180. The first kappa shape index (κ1) is 19.3. The Hall–Kier alpha value is -2.72. The third-order valence-corrected chi connectivity index (χ3v) is 6.20. The van der Waals surface area contributed by atoms with Crippen LogP contribution in [-0.4, -0.2) is 48.3 Å². The summed E-state index contributed by atoms with van der Waals surface area (Å²) < 4.78 is 2.31. The second-order valence-corrected chi connectivity index (χ2v) is 8.66. The summed E-state index contributed by atoms with van der Waals surface area (Å²) in [7, 11) is 0. The van der Waals surface area contributed by atoms with Crippen LogP contribution in [0.15, 0.2) is 35.1 Å². The molecule has 3 N–H and O–H groups in total. The van der Waals surface area contributed by atoms with Crippen LogP contribution < -0.4 is 11.1 Å². The SMILES string of the molecule is Nc1nc(Cl)nc2c1ccn2CC(=O)N1C2C[C@@H]2C[C@H]1C(=O)Nc1cccc(Br)n1. The summed E-state index contributed by atoms with van der Waals surface area (Å²) in [5.74, 6) is 0.703. The Labute approximate surface area is 184 Å². The number of carbonyl (C=O) groups is 2. The highest BCUT2D eigenvalue weighted by atomic mass is 79.9. The van der Waals surface area contributed by atoms with Crippen LogP contribution in [0.2, 0.25) is 5.28 Å². The van der Waals surface area contributed by atoms with Crippen LogP contribution in [0.5, 0.6) is 0 Å². The van der Waals surface area contributed by atoms with Crippen LogP contribution in [0, 0.1) is 5.92 Å². The van der Waals surface area contributed by atoms with Gasteiger partial charge < -0.3 is 20.5 Å². The summed E-state index contributed by atoms with van der Waals surface area (Å²) in [5.41, 5.74) is 6.38. The second-order valence-electron chi connectivity index (χ2n) is 7.51. The van der Waals surface area contributed by atoms with Gasteiger partial charge in [0.25, 0.3) is 0 Å². The van der Waals surface area contributed by atoms with E-state index in [1.54, 1.807) is 39.9 Å². The van der Waals surface area contributed by atoms with E-state index < -0.39 is 6.04 Å². The molecule has 3 aromatic heterocycles. The van der Waals surface area contributed by atoms with E-state index in [0.717, 1.165) is 6.42 Å². The maximum Gasteiger partial charge on any atom is 0.248 e. The number of halogens is 2. The van der Waals surface area contributed by atoms with Gasteiger partial charge in [-0.15, -0.1) is 0 Å². The lowest BCUT2D eigenvalue weighted by molar-refractivity contribution is -0.138. The number of nitrogen functional groups attached to an aromatic ring is 1. The number of rotatable bonds is 4. The van der Waals surface area contributed by atoms with Crippen LogP contribution in [-0.2, 0) is 16.1 Å². The fourth-order valence-electron chi connectivity index (χ4n) is 4.15. The van der Waals surface area contributed by atoms with Crippen molar-refractivity contribution < 1.29 is 9.59 Å². The molecule has 2 amide bonds. The van der Waals surface area contributed by atoms with E-state index in [4.69, 9.17) is 17.3 Å². The Morgan fingerprint density at radius 1 is 1.23 bits per heavy atom. The van der Waals surface area contributed by atoms with Crippen molar-refractivity contribution in [3.8, 4) is 0 Å². The smallest absolute Gasteiger partial charge is 0.248 e. The molecule has 2 fully saturated rings. The fourth-order valence-corrected chi connectivity index (χ4v) is 4.67. The average Bonchev–Trinajstić information content (AvgIpc) is 3.16. The first-order chi connectivity index (χ1) is 14.4. The molecule has 3 atom stereocenters. The highest BCUT2D eigenvalue weighted by Gasteiger charge is 2.56. The Kier molecular flexibility index (Phi) is 4.62. The largest absolute Gasteiger partial charge is 0.383 e. The quantitative estimate of drug-likeness (QED) is 0.428. The first-order valence-electron chi connectivity index (χ1n) is 9.43. The van der Waals surface area contributed by atoms with E-state index in [9.17, 15) is 9.59 Å². The number of hydrogen-bond acceptors (Lipinski definition) is 6. The molecule has 1 aliphatic carbocycles. The van der Waals surface area contributed by atoms with E-state index in [2.05, 4.69) is 36.2 Å². The van der Waals surface area contributed by atoms with E-state index in [-0.39, 0.29) is 35.5 Å². The highest BCUT2D eigenvalue weighted by Crippen LogP contribution is 2.48. The third-order valence-electron chi connectivity index (χ3n) is 5.59. The summed E-state index contributed by atoms with van der Waals surface area (Å²) in [5, 5.41) is 3.47. The van der Waals surface area contributed by atoms with Gasteiger partial charge in [0.2, 0.25) is 17.1 Å². The summed E-state index contributed by atoms with van der Waals surface area (Å²) in [4.78, 5) is 40.1. The average molecular weight is 491 g/mol. The van der Waals surface area contributed by atoms with Crippen LogP contribution >= 0.6 is 27.5 Å². The highest BCUT2D eigenvalue weighted by molar-refractivity contribution is 9.10. The summed E-state index contributed by atoms with van der Waals surface area (Å²) in [6, 6.07) is 6.62. The molecule has 5 rings (SSSR count). The van der Waals surface area contributed by atoms with Gasteiger partial charge in [0, 0.05) is 12.2 Å². The number of nitrogens with two attached hydrogens (primary N) is 1. The van der Waals surface area contributed by atoms with Crippen molar-refractivity contribution in [3.63, 3.8) is 0 Å². The minimum Gasteiger partial charge on any atom is -0.383 e. The van der Waals surface area contributed by atoms with Gasteiger partial charge in [0.1, 0.15) is 34.5 Å². The van der Waals surface area contributed by atoms with Gasteiger partial charge in [-0.2, -0.15) is 4.98 Å². The maximum absolute atomic E-state index is 13.2. The molecule has 0 aromatic carbocycles. The maximum atomic E-state index is 13.2. The van der Waals surface area contributed by atoms with Gasteiger partial charge in [0.15, 0.2) is 0 Å². The normalized spacial score (nSPS) is 22.2. The zero-order valence-corrected chi connectivity index (χ0v) is 18.0. The van der Waals surface area contributed by atoms with Gasteiger partial charge in [-0.1, -0.05) is 6.07 Å². The lowest BCUT2D eigenvalue weighted by atomic mass is 10.1. The van der Waals surface area contributed by atoms with Gasteiger partial charge >= 0.3 is 0 Å². The number of amides is 2. The fraction of sp³-hybridized carbons (Fsp3) is 0.316. The van der Waals surface area contributed by atoms with Crippen molar-refractivity contribution in [1.82, 2.24) is 24.4 Å². The number of piperidine rings is 1. The lowest BCUT2D eigenvalue weighted by Gasteiger charge is -2.27. The van der Waals surface area contributed by atoms with E-state index in [0.29, 0.717) is 33.8 Å². The molecular weight excluding hydrogens is 474 g/mol. The van der Waals surface area contributed by atoms with Crippen LogP contribution in [0.4, 0.5) is 11.6 Å². The van der Waals surface area contributed by atoms with Gasteiger partial charge in [-0.05, 0) is 64.5 Å². The molecule has 154 valence electrons. The Morgan fingerprint density at radius 2 is 2.07 bits per heavy atom. The molecule has 1 aliphatic heterocycles. The molecular formula is C19H17BrClN7O2. The van der Waals surface area contributed by atoms with E-state index in [1.807, 2.05) is 0 Å². The minimum absolute atomic E-state index is 0.0228. The summed E-state index contributed by atoms with van der Waals surface area (Å²) in [6.45, 7) is 0.0401. The number of anilines is 2. The molecule has 2 aliphatic rings. The standard InChI is InChI=1S/C19H17BrClN7O2/c20-13-2-1-3-14(23-13)24-18(30)12-7-9-6-11(9)28(12)15(29)8-27-5-4-10-16(22)25-19(21)26-17(10)27/h1-5,9,11-12H,6-8H2,(H2,22,25,26)(H,23,24,30)/t9-,11?,12+/m1/s1. The van der Waals surface area contributed by atoms with Gasteiger partial charge in [-0.3, -0.25) is 9.59 Å². The second kappa shape index (κ2) is 7.21.